The Labute approximate surface area is 91.1 Å². The first-order chi connectivity index (χ1) is 5.64. The average molecular weight is 312 g/mol. The number of amidine groups is 1. The number of allylic oxidation sites excluding steroid dienone is 1. The van der Waals surface area contributed by atoms with E-state index < -0.39 is 0 Å². The first kappa shape index (κ1) is 8.62. The molecule has 2 rings (SSSR count). The first-order valence-electron chi connectivity index (χ1n) is 3.09. The van der Waals surface area contributed by atoms with Crippen LogP contribution in [-0.2, 0) is 0 Å². The van der Waals surface area contributed by atoms with E-state index in [1.165, 1.54) is 0 Å². The van der Waals surface area contributed by atoms with E-state index in [1.807, 2.05) is 0 Å². The predicted molar refractivity (Wildman–Crippen MR) is 56.1 cm³/mol. The van der Waals surface area contributed by atoms with Crippen molar-refractivity contribution in [1.29, 1.82) is 0 Å². The summed E-state index contributed by atoms with van der Waals surface area (Å²) >= 11 is 12.8. The smallest absolute Gasteiger partial charge is 0.253 e. The maximum Gasteiger partial charge on any atom is 0.300 e. The number of aliphatic imine (C=N–C) groups is 2. The maximum absolute atomic E-state index is 6.21. The third-order valence-electron chi connectivity index (χ3n) is 1.58. The second-order valence-electron chi connectivity index (χ2n) is 2.27. The topological polar surface area (TPSA) is 24.7 Å². The van der Waals surface area contributed by atoms with Crippen LogP contribution in [0.3, 0.4) is 0 Å². The van der Waals surface area contributed by atoms with Crippen molar-refractivity contribution >= 4 is 54.6 Å². The lowest BCUT2D eigenvalue weighted by Crippen LogP contribution is -2.33. The van der Waals surface area contributed by atoms with Crippen LogP contribution < -0.4 is 0 Å². The van der Waals surface area contributed by atoms with E-state index in [9.17, 15) is 0 Å². The van der Waals surface area contributed by atoms with Crippen LogP contribution in [0, 0.1) is 0 Å². The van der Waals surface area contributed by atoms with Gasteiger partial charge in [0.1, 0.15) is 6.20 Å². The van der Waals surface area contributed by atoms with Gasteiger partial charge in [-0.2, -0.15) is 4.99 Å². The Kier molecular flexibility index (Phi) is 1.99. The van der Waals surface area contributed by atoms with Gasteiger partial charge in [-0.05, 0) is 15.9 Å². The predicted octanol–water partition coefficient (Wildman–Crippen LogP) is 2.84. The highest BCUT2D eigenvalue weighted by Crippen LogP contribution is 2.38. The summed E-state index contributed by atoms with van der Waals surface area (Å²) in [6.45, 7) is 0. The highest BCUT2D eigenvalue weighted by atomic mass is 79.9. The molecule has 1 unspecified atom stereocenters. The standard InChI is InChI=1S/C6H3Br2ClN3/c7-5-4-3-10-1-2-12(4,9)6(8)11-5/h1-3H/q+1. The van der Waals surface area contributed by atoms with Crippen LogP contribution in [0.25, 0.3) is 0 Å². The molecule has 0 saturated carbocycles. The number of rotatable bonds is 0. The fourth-order valence-corrected chi connectivity index (χ4v) is 2.56. The molecule has 62 valence electrons. The fourth-order valence-electron chi connectivity index (χ4n) is 0.968. The molecule has 3 nitrogen and oxygen atoms in total. The van der Waals surface area contributed by atoms with E-state index in [0.29, 0.717) is 9.35 Å². The third-order valence-corrected chi connectivity index (χ3v) is 3.56. The van der Waals surface area contributed by atoms with Crippen LogP contribution in [0.15, 0.2) is 32.7 Å². The van der Waals surface area contributed by atoms with E-state index in [1.54, 1.807) is 18.6 Å². The molecule has 0 aromatic heterocycles. The van der Waals surface area contributed by atoms with Gasteiger partial charge in [-0.3, -0.25) is 4.99 Å². The highest BCUT2D eigenvalue weighted by molar-refractivity contribution is 9.18. The van der Waals surface area contributed by atoms with Crippen LogP contribution in [-0.4, -0.2) is 15.0 Å². The molecule has 0 aromatic carbocycles. The molecule has 0 saturated heterocycles. The van der Waals surface area contributed by atoms with E-state index >= 15 is 0 Å². The lowest BCUT2D eigenvalue weighted by Gasteiger charge is -2.18. The van der Waals surface area contributed by atoms with Crippen molar-refractivity contribution in [3.05, 3.63) is 22.7 Å². The monoisotopic (exact) mass is 310 g/mol. The van der Waals surface area contributed by atoms with Crippen molar-refractivity contribution in [2.45, 2.75) is 0 Å². The van der Waals surface area contributed by atoms with Crippen LogP contribution in [0.1, 0.15) is 0 Å². The molecule has 2 heterocycles. The highest BCUT2D eigenvalue weighted by Gasteiger charge is 2.43. The Morgan fingerprint density at radius 2 is 2.17 bits per heavy atom. The third kappa shape index (κ3) is 1.04. The molecule has 0 radical (unpaired) electrons. The van der Waals surface area contributed by atoms with Crippen LogP contribution >= 0.6 is 43.6 Å². The van der Waals surface area contributed by atoms with E-state index in [0.717, 1.165) is 5.70 Å². The number of fused-ring (bicyclic) bond motifs is 1. The molecule has 0 aromatic rings. The Morgan fingerprint density at radius 3 is 2.83 bits per heavy atom. The van der Waals surface area contributed by atoms with Gasteiger partial charge in [0, 0.05) is 15.9 Å². The molecule has 0 spiro atoms. The molecule has 0 bridgehead atoms. The summed E-state index contributed by atoms with van der Waals surface area (Å²) in [4.78, 5) is 8.09. The van der Waals surface area contributed by atoms with E-state index in [-0.39, 0.29) is 4.00 Å². The quantitative estimate of drug-likeness (QED) is 0.485. The van der Waals surface area contributed by atoms with Gasteiger partial charge in [0.05, 0.1) is 12.4 Å². The molecule has 2 aliphatic rings. The van der Waals surface area contributed by atoms with Crippen molar-refractivity contribution < 1.29 is 4.00 Å². The summed E-state index contributed by atoms with van der Waals surface area (Å²) in [5, 5.41) is 0. The van der Waals surface area contributed by atoms with Gasteiger partial charge in [-0.1, -0.05) is 0 Å². The summed E-state index contributed by atoms with van der Waals surface area (Å²) in [6.07, 6.45) is 5.05. The van der Waals surface area contributed by atoms with Gasteiger partial charge in [0.25, 0.3) is 0 Å². The van der Waals surface area contributed by atoms with Crippen LogP contribution in [0.2, 0.25) is 0 Å². The average Bonchev–Trinajstić information content (AvgIpc) is 2.25. The largest absolute Gasteiger partial charge is 0.300 e. The van der Waals surface area contributed by atoms with Gasteiger partial charge in [0.15, 0.2) is 16.4 Å². The Balaban J connectivity index is 2.60. The summed E-state index contributed by atoms with van der Waals surface area (Å²) in [5.41, 5.74) is 0.811. The first-order valence-corrected chi connectivity index (χ1v) is 5.01. The summed E-state index contributed by atoms with van der Waals surface area (Å²) in [7, 11) is 0. The van der Waals surface area contributed by atoms with Crippen molar-refractivity contribution in [2.75, 3.05) is 0 Å². The normalized spacial score (nSPS) is 32.4. The zero-order valence-corrected chi connectivity index (χ0v) is 9.64. The second kappa shape index (κ2) is 2.77. The van der Waals surface area contributed by atoms with Crippen molar-refractivity contribution in [3.63, 3.8) is 0 Å². The van der Waals surface area contributed by atoms with Gasteiger partial charge < -0.3 is 0 Å². The lowest BCUT2D eigenvalue weighted by atomic mass is 10.4. The van der Waals surface area contributed by atoms with Crippen LogP contribution in [0.4, 0.5) is 0 Å². The molecule has 0 aliphatic carbocycles. The summed E-state index contributed by atoms with van der Waals surface area (Å²) in [5.74, 6) is 0. The SMILES string of the molecule is Cl[N+]12C=CN=CC1=C(Br)N=C2Br. The zero-order chi connectivity index (χ0) is 8.77. The number of hydrogen-bond acceptors (Lipinski definition) is 2. The molecule has 0 N–H and O–H groups in total. The fraction of sp³-hybridized carbons (Fsp3) is 0. The Morgan fingerprint density at radius 1 is 1.42 bits per heavy atom. The van der Waals surface area contributed by atoms with Crippen molar-refractivity contribution in [2.24, 2.45) is 9.98 Å². The summed E-state index contributed by atoms with van der Waals surface area (Å²) in [6, 6.07) is 0. The van der Waals surface area contributed by atoms with Gasteiger partial charge in [-0.25, -0.2) is 0 Å². The van der Waals surface area contributed by atoms with Gasteiger partial charge in [-0.15, -0.1) is 4.00 Å². The minimum atomic E-state index is 0.0318. The maximum atomic E-state index is 6.21. The molecule has 2 aliphatic heterocycles. The number of hydrogen-bond donors (Lipinski definition) is 0. The van der Waals surface area contributed by atoms with Crippen molar-refractivity contribution in [1.82, 2.24) is 0 Å². The molecule has 6 heteroatoms. The van der Waals surface area contributed by atoms with Gasteiger partial charge in [0.2, 0.25) is 5.70 Å². The van der Waals surface area contributed by atoms with E-state index in [2.05, 4.69) is 41.8 Å². The molecule has 0 fully saturated rings. The number of nitrogens with zero attached hydrogens (tertiary/aromatic N) is 3. The van der Waals surface area contributed by atoms with Crippen LogP contribution in [0.5, 0.6) is 0 Å². The molecular formula is C6H3Br2ClN3+. The Hall–Kier alpha value is 0.0300. The number of quaternary nitrogens is 1. The minimum Gasteiger partial charge on any atom is -0.253 e. The second-order valence-corrected chi connectivity index (χ2v) is 4.26. The zero-order valence-electron chi connectivity index (χ0n) is 5.71. The molecule has 1 atom stereocenters. The summed E-state index contributed by atoms with van der Waals surface area (Å²) < 4.78 is 1.37. The molecule has 12 heavy (non-hydrogen) atoms. The number of halogens is 3. The van der Waals surface area contributed by atoms with Crippen molar-refractivity contribution in [3.8, 4) is 0 Å². The molecule has 0 amide bonds. The molecular weight excluding hydrogens is 309 g/mol. The minimum absolute atomic E-state index is 0.0318. The Bertz CT molecular complexity index is 358. The van der Waals surface area contributed by atoms with E-state index in [4.69, 9.17) is 11.8 Å². The van der Waals surface area contributed by atoms with Gasteiger partial charge >= 0.3 is 4.74 Å². The lowest BCUT2D eigenvalue weighted by molar-refractivity contribution is -0.594.